The summed E-state index contributed by atoms with van der Waals surface area (Å²) in [4.78, 5) is 21.7. The summed E-state index contributed by atoms with van der Waals surface area (Å²) in [6, 6.07) is 0. The van der Waals surface area contributed by atoms with Gasteiger partial charge in [0.05, 0.1) is 27.4 Å². The topological polar surface area (TPSA) is 89.5 Å². The molecule has 2 rings (SSSR count). The summed E-state index contributed by atoms with van der Waals surface area (Å²) >= 11 is 0. The third-order valence-corrected chi connectivity index (χ3v) is 3.02. The number of esters is 2. The maximum atomic E-state index is 10.9. The van der Waals surface area contributed by atoms with Crippen molar-refractivity contribution in [2.45, 2.75) is 51.5 Å². The molecule has 0 aromatic rings. The van der Waals surface area contributed by atoms with Gasteiger partial charge in [-0.3, -0.25) is 0 Å². The van der Waals surface area contributed by atoms with Gasteiger partial charge in [0.2, 0.25) is 0 Å². The summed E-state index contributed by atoms with van der Waals surface area (Å²) in [5.41, 5.74) is 0. The molecule has 2 heterocycles. The average molecular weight is 320 g/mol. The van der Waals surface area contributed by atoms with Gasteiger partial charge in [-0.15, -0.1) is 0 Å². The first-order valence-corrected chi connectivity index (χ1v) is 7.07. The van der Waals surface area contributed by atoms with Gasteiger partial charge in [0.15, 0.2) is 24.3 Å². The summed E-state index contributed by atoms with van der Waals surface area (Å²) in [5.74, 6) is -1.39. The molecule has 2 aliphatic rings. The van der Waals surface area contributed by atoms with E-state index in [1.807, 2.05) is 6.92 Å². The molecular formula is C14H24O8. The van der Waals surface area contributed by atoms with E-state index in [-0.39, 0.29) is 24.8 Å². The Balaban J connectivity index is 0.000000220. The molecule has 0 bridgehead atoms. The molecule has 0 radical (unpaired) electrons. The number of hydrogen-bond acceptors (Lipinski definition) is 8. The van der Waals surface area contributed by atoms with Gasteiger partial charge < -0.3 is 28.4 Å². The fraction of sp³-hybridized carbons (Fsp3) is 0.857. The Morgan fingerprint density at radius 3 is 2.09 bits per heavy atom. The Morgan fingerprint density at radius 2 is 1.68 bits per heavy atom. The molecule has 0 amide bonds. The summed E-state index contributed by atoms with van der Waals surface area (Å²) < 4.78 is 29.6. The van der Waals surface area contributed by atoms with Crippen LogP contribution in [-0.4, -0.2) is 63.7 Å². The first-order valence-electron chi connectivity index (χ1n) is 7.07. The van der Waals surface area contributed by atoms with Crippen LogP contribution in [0.3, 0.4) is 0 Å². The van der Waals surface area contributed by atoms with Gasteiger partial charge in [0, 0.05) is 0 Å². The quantitative estimate of drug-likeness (QED) is 0.699. The number of rotatable bonds is 3. The Bertz CT molecular complexity index is 381. The molecule has 8 heteroatoms. The number of ether oxygens (including phenoxy) is 6. The third-order valence-electron chi connectivity index (χ3n) is 3.02. The molecule has 2 aliphatic heterocycles. The highest BCUT2D eigenvalue weighted by Crippen LogP contribution is 2.22. The minimum absolute atomic E-state index is 0.237. The highest BCUT2D eigenvalue weighted by atomic mass is 16.8. The number of methoxy groups -OCH3 is 2. The number of carbonyl (C=O) groups excluding carboxylic acids is 2. The van der Waals surface area contributed by atoms with Crippen molar-refractivity contribution in [2.24, 2.45) is 0 Å². The fourth-order valence-electron chi connectivity index (χ4n) is 1.86. The molecule has 0 spiro atoms. The number of carbonyl (C=O) groups is 2. The number of hydrogen-bond donors (Lipinski definition) is 0. The van der Waals surface area contributed by atoms with E-state index in [1.54, 1.807) is 13.8 Å². The Morgan fingerprint density at radius 1 is 1.09 bits per heavy atom. The van der Waals surface area contributed by atoms with E-state index in [9.17, 15) is 9.59 Å². The summed E-state index contributed by atoms with van der Waals surface area (Å²) in [6.45, 7) is 6.04. The zero-order valence-corrected chi connectivity index (χ0v) is 13.6. The van der Waals surface area contributed by atoms with Crippen LogP contribution < -0.4 is 0 Å². The molecule has 8 nitrogen and oxygen atoms in total. The summed E-state index contributed by atoms with van der Waals surface area (Å²) in [5, 5.41) is 0. The predicted molar refractivity (Wildman–Crippen MR) is 73.8 cm³/mol. The van der Waals surface area contributed by atoms with Crippen LogP contribution in [0.1, 0.15) is 27.2 Å². The van der Waals surface area contributed by atoms with Crippen molar-refractivity contribution in [2.75, 3.05) is 27.4 Å². The van der Waals surface area contributed by atoms with Gasteiger partial charge in [-0.25, -0.2) is 9.59 Å². The summed E-state index contributed by atoms with van der Waals surface area (Å²) in [6.07, 6.45) is -0.563. The maximum absolute atomic E-state index is 10.9. The molecule has 0 saturated carbocycles. The lowest BCUT2D eigenvalue weighted by Crippen LogP contribution is -2.27. The van der Waals surface area contributed by atoms with E-state index < -0.39 is 18.0 Å². The standard InChI is InChI=1S/2C7H12O4/c1-7(2)10-4-5(11-7)6(8)9-3;1-3-6-10-4-5(11-6)7(8)9-2/h5H,4H2,1-3H3;5-6H,3-4H2,1-2H3. The van der Waals surface area contributed by atoms with E-state index >= 15 is 0 Å². The first kappa shape index (κ1) is 18.8. The van der Waals surface area contributed by atoms with Crippen LogP contribution in [-0.2, 0) is 38.0 Å². The molecule has 3 unspecified atom stereocenters. The Kier molecular flexibility index (Phi) is 7.21. The van der Waals surface area contributed by atoms with Crippen LogP contribution in [0.5, 0.6) is 0 Å². The third kappa shape index (κ3) is 5.53. The van der Waals surface area contributed by atoms with Gasteiger partial charge in [-0.1, -0.05) is 6.92 Å². The van der Waals surface area contributed by atoms with Crippen LogP contribution in [0.25, 0.3) is 0 Å². The minimum Gasteiger partial charge on any atom is -0.467 e. The van der Waals surface area contributed by atoms with E-state index in [2.05, 4.69) is 9.47 Å². The predicted octanol–water partition coefficient (Wildman–Crippen LogP) is 0.622. The zero-order valence-electron chi connectivity index (χ0n) is 13.6. The molecule has 128 valence electrons. The minimum atomic E-state index is -0.654. The molecule has 0 N–H and O–H groups in total. The van der Waals surface area contributed by atoms with Gasteiger partial charge in [-0.2, -0.15) is 0 Å². The maximum Gasteiger partial charge on any atom is 0.337 e. The van der Waals surface area contributed by atoms with Crippen LogP contribution in [0.2, 0.25) is 0 Å². The molecule has 2 saturated heterocycles. The zero-order chi connectivity index (χ0) is 16.8. The Hall–Kier alpha value is -1.22. The van der Waals surface area contributed by atoms with Gasteiger partial charge in [0.25, 0.3) is 0 Å². The largest absolute Gasteiger partial charge is 0.467 e. The van der Waals surface area contributed by atoms with E-state index in [4.69, 9.17) is 18.9 Å². The van der Waals surface area contributed by atoms with Crippen molar-refractivity contribution in [1.29, 1.82) is 0 Å². The average Bonchev–Trinajstić information content (AvgIpc) is 3.12. The SMILES string of the molecule is CCC1OCC(C(=O)OC)O1.COC(=O)C1COC(C)(C)O1. The molecule has 2 fully saturated rings. The van der Waals surface area contributed by atoms with Crippen LogP contribution in [0, 0.1) is 0 Å². The van der Waals surface area contributed by atoms with E-state index in [1.165, 1.54) is 14.2 Å². The monoisotopic (exact) mass is 320 g/mol. The van der Waals surface area contributed by atoms with E-state index in [0.717, 1.165) is 6.42 Å². The van der Waals surface area contributed by atoms with Crippen LogP contribution in [0.15, 0.2) is 0 Å². The van der Waals surface area contributed by atoms with Gasteiger partial charge in [-0.05, 0) is 20.3 Å². The lowest BCUT2D eigenvalue weighted by Gasteiger charge is -2.15. The van der Waals surface area contributed by atoms with Gasteiger partial charge >= 0.3 is 11.9 Å². The van der Waals surface area contributed by atoms with Crippen LogP contribution in [0.4, 0.5) is 0 Å². The highest BCUT2D eigenvalue weighted by Gasteiger charge is 2.37. The second-order valence-corrected chi connectivity index (χ2v) is 5.16. The second kappa shape index (κ2) is 8.42. The Labute approximate surface area is 129 Å². The highest BCUT2D eigenvalue weighted by molar-refractivity contribution is 5.75. The van der Waals surface area contributed by atoms with E-state index in [0.29, 0.717) is 6.61 Å². The molecule has 0 aromatic carbocycles. The smallest absolute Gasteiger partial charge is 0.337 e. The van der Waals surface area contributed by atoms with Crippen molar-refractivity contribution in [3.8, 4) is 0 Å². The normalized spacial score (nSPS) is 29.4. The van der Waals surface area contributed by atoms with Gasteiger partial charge in [0.1, 0.15) is 0 Å². The molecular weight excluding hydrogens is 296 g/mol. The summed E-state index contributed by atoms with van der Waals surface area (Å²) in [7, 11) is 2.67. The van der Waals surface area contributed by atoms with Crippen molar-refractivity contribution in [1.82, 2.24) is 0 Å². The second-order valence-electron chi connectivity index (χ2n) is 5.16. The van der Waals surface area contributed by atoms with Crippen molar-refractivity contribution < 1.29 is 38.0 Å². The van der Waals surface area contributed by atoms with Crippen molar-refractivity contribution >= 4 is 11.9 Å². The first-order chi connectivity index (χ1) is 10.3. The molecule has 0 aromatic heterocycles. The van der Waals surface area contributed by atoms with Crippen molar-refractivity contribution in [3.63, 3.8) is 0 Å². The lowest BCUT2D eigenvalue weighted by atomic mass is 10.4. The molecule has 0 aliphatic carbocycles. The fourth-order valence-corrected chi connectivity index (χ4v) is 1.86. The molecule has 3 atom stereocenters. The lowest BCUT2D eigenvalue weighted by molar-refractivity contribution is -0.167. The van der Waals surface area contributed by atoms with Crippen molar-refractivity contribution in [3.05, 3.63) is 0 Å². The van der Waals surface area contributed by atoms with Crippen LogP contribution >= 0.6 is 0 Å². The molecule has 22 heavy (non-hydrogen) atoms.